The molecule has 3 heteroatoms. The first kappa shape index (κ1) is 13.4. The van der Waals surface area contributed by atoms with Crippen LogP contribution in [-0.4, -0.2) is 19.2 Å². The van der Waals surface area contributed by atoms with E-state index >= 15 is 0 Å². The van der Waals surface area contributed by atoms with Gasteiger partial charge in [0.2, 0.25) is 0 Å². The van der Waals surface area contributed by atoms with Crippen molar-refractivity contribution in [1.82, 2.24) is 5.32 Å². The third-order valence-electron chi connectivity index (χ3n) is 2.92. The zero-order valence-corrected chi connectivity index (χ0v) is 11.3. The summed E-state index contributed by atoms with van der Waals surface area (Å²) in [4.78, 5) is 0. The molecule has 0 aliphatic heterocycles. The molecule has 0 aliphatic rings. The summed E-state index contributed by atoms with van der Waals surface area (Å²) in [6.07, 6.45) is 0. The Morgan fingerprint density at radius 2 is 1.89 bits per heavy atom. The van der Waals surface area contributed by atoms with E-state index in [9.17, 15) is 0 Å². The predicted molar refractivity (Wildman–Crippen MR) is 77.3 cm³/mol. The van der Waals surface area contributed by atoms with E-state index in [1.165, 1.54) is 0 Å². The van der Waals surface area contributed by atoms with E-state index in [4.69, 9.17) is 10.00 Å². The Kier molecular flexibility index (Phi) is 4.38. The summed E-state index contributed by atoms with van der Waals surface area (Å²) < 4.78 is 5.80. The highest BCUT2D eigenvalue weighted by molar-refractivity contribution is 5.92. The summed E-state index contributed by atoms with van der Waals surface area (Å²) in [6, 6.07) is 14.2. The molecule has 2 aromatic rings. The average molecular weight is 254 g/mol. The lowest BCUT2D eigenvalue weighted by Crippen LogP contribution is -2.27. The quantitative estimate of drug-likeness (QED) is 0.834. The van der Waals surface area contributed by atoms with Gasteiger partial charge in [0.05, 0.1) is 11.6 Å². The van der Waals surface area contributed by atoms with Crippen LogP contribution < -0.4 is 10.1 Å². The van der Waals surface area contributed by atoms with E-state index in [-0.39, 0.29) is 0 Å². The molecule has 2 aromatic carbocycles. The van der Waals surface area contributed by atoms with Gasteiger partial charge >= 0.3 is 0 Å². The summed E-state index contributed by atoms with van der Waals surface area (Å²) in [6.45, 7) is 5.65. The maximum Gasteiger partial charge on any atom is 0.127 e. The molecule has 0 aliphatic carbocycles. The molecule has 19 heavy (non-hydrogen) atoms. The molecule has 0 saturated heterocycles. The molecule has 0 fully saturated rings. The Morgan fingerprint density at radius 3 is 2.58 bits per heavy atom. The smallest absolute Gasteiger partial charge is 0.127 e. The summed E-state index contributed by atoms with van der Waals surface area (Å²) >= 11 is 0. The van der Waals surface area contributed by atoms with Gasteiger partial charge < -0.3 is 10.1 Å². The number of ether oxygens (including phenoxy) is 1. The fourth-order valence-corrected chi connectivity index (χ4v) is 2.00. The van der Waals surface area contributed by atoms with Crippen LogP contribution in [0.4, 0.5) is 0 Å². The van der Waals surface area contributed by atoms with Crippen molar-refractivity contribution in [2.75, 3.05) is 13.2 Å². The molecule has 1 N–H and O–H groups in total. The molecule has 0 unspecified atom stereocenters. The van der Waals surface area contributed by atoms with Crippen LogP contribution in [0.1, 0.15) is 19.4 Å². The molecule has 0 heterocycles. The fourth-order valence-electron chi connectivity index (χ4n) is 2.00. The van der Waals surface area contributed by atoms with Gasteiger partial charge in [-0.2, -0.15) is 5.26 Å². The highest BCUT2D eigenvalue weighted by atomic mass is 16.5. The van der Waals surface area contributed by atoms with E-state index in [0.29, 0.717) is 18.2 Å². The lowest BCUT2D eigenvalue weighted by molar-refractivity contribution is 0.312. The lowest BCUT2D eigenvalue weighted by Gasteiger charge is -2.12. The van der Waals surface area contributed by atoms with E-state index < -0.39 is 0 Å². The topological polar surface area (TPSA) is 45.0 Å². The maximum atomic E-state index is 9.10. The number of nitrogens with zero attached hydrogens (tertiary/aromatic N) is 1. The van der Waals surface area contributed by atoms with Crippen LogP contribution in [0.3, 0.4) is 0 Å². The van der Waals surface area contributed by atoms with E-state index in [1.54, 1.807) is 0 Å². The van der Waals surface area contributed by atoms with Crippen molar-refractivity contribution in [2.45, 2.75) is 19.9 Å². The molecule has 0 atom stereocenters. The van der Waals surface area contributed by atoms with Gasteiger partial charge in [0.15, 0.2) is 0 Å². The summed E-state index contributed by atoms with van der Waals surface area (Å²) in [5.74, 6) is 0.833. The van der Waals surface area contributed by atoms with Crippen molar-refractivity contribution in [3.63, 3.8) is 0 Å². The Balaban J connectivity index is 2.18. The Morgan fingerprint density at radius 1 is 1.16 bits per heavy atom. The molecule has 0 bridgehead atoms. The minimum atomic E-state index is 0.460. The van der Waals surface area contributed by atoms with E-state index in [0.717, 1.165) is 23.1 Å². The SMILES string of the molecule is CC(C)NCCOc1ccc(C#N)c2ccccc12. The van der Waals surface area contributed by atoms with Crippen LogP contribution in [0.15, 0.2) is 36.4 Å². The van der Waals surface area contributed by atoms with Gasteiger partial charge in [0.1, 0.15) is 12.4 Å². The molecular weight excluding hydrogens is 236 g/mol. The molecule has 0 spiro atoms. The van der Waals surface area contributed by atoms with Crippen molar-refractivity contribution in [1.29, 1.82) is 5.26 Å². The lowest BCUT2D eigenvalue weighted by atomic mass is 10.0. The number of hydrogen-bond donors (Lipinski definition) is 1. The highest BCUT2D eigenvalue weighted by Gasteiger charge is 2.06. The Labute approximate surface area is 113 Å². The number of hydrogen-bond acceptors (Lipinski definition) is 3. The molecule has 0 aromatic heterocycles. The van der Waals surface area contributed by atoms with Crippen LogP contribution in [0.5, 0.6) is 5.75 Å². The number of nitriles is 1. The zero-order valence-electron chi connectivity index (χ0n) is 11.3. The standard InChI is InChI=1S/C16H18N2O/c1-12(2)18-9-10-19-16-8-7-13(11-17)14-5-3-4-6-15(14)16/h3-8,12,18H,9-10H2,1-2H3. The molecule has 2 rings (SSSR count). The normalized spacial score (nSPS) is 10.6. The third kappa shape index (κ3) is 3.24. The Hall–Kier alpha value is -2.05. The summed E-state index contributed by atoms with van der Waals surface area (Å²) in [5, 5.41) is 14.3. The van der Waals surface area contributed by atoms with Crippen molar-refractivity contribution < 1.29 is 4.74 Å². The molecule has 3 nitrogen and oxygen atoms in total. The van der Waals surface area contributed by atoms with Gasteiger partial charge in [-0.25, -0.2) is 0 Å². The first-order valence-electron chi connectivity index (χ1n) is 6.50. The second-order valence-electron chi connectivity index (χ2n) is 4.73. The maximum absolute atomic E-state index is 9.10. The highest BCUT2D eigenvalue weighted by Crippen LogP contribution is 2.28. The van der Waals surface area contributed by atoms with Crippen molar-refractivity contribution in [3.05, 3.63) is 42.0 Å². The first-order valence-corrected chi connectivity index (χ1v) is 6.50. The van der Waals surface area contributed by atoms with Crippen LogP contribution in [0.25, 0.3) is 10.8 Å². The van der Waals surface area contributed by atoms with Gasteiger partial charge in [0.25, 0.3) is 0 Å². The molecule has 0 saturated carbocycles. The van der Waals surface area contributed by atoms with Crippen LogP contribution in [0, 0.1) is 11.3 Å². The van der Waals surface area contributed by atoms with Crippen LogP contribution in [-0.2, 0) is 0 Å². The fraction of sp³-hybridized carbons (Fsp3) is 0.312. The largest absolute Gasteiger partial charge is 0.492 e. The van der Waals surface area contributed by atoms with Gasteiger partial charge in [0, 0.05) is 23.4 Å². The number of fused-ring (bicyclic) bond motifs is 1. The minimum absolute atomic E-state index is 0.460. The third-order valence-corrected chi connectivity index (χ3v) is 2.92. The second kappa shape index (κ2) is 6.21. The average Bonchev–Trinajstić information content (AvgIpc) is 2.43. The summed E-state index contributed by atoms with van der Waals surface area (Å²) in [7, 11) is 0. The number of benzene rings is 2. The Bertz CT molecular complexity index is 599. The number of rotatable bonds is 5. The minimum Gasteiger partial charge on any atom is -0.492 e. The van der Waals surface area contributed by atoms with E-state index in [1.807, 2.05) is 36.4 Å². The zero-order chi connectivity index (χ0) is 13.7. The van der Waals surface area contributed by atoms with Gasteiger partial charge in [-0.3, -0.25) is 0 Å². The monoisotopic (exact) mass is 254 g/mol. The molecule has 98 valence electrons. The molecular formula is C16H18N2O. The van der Waals surface area contributed by atoms with Crippen LogP contribution >= 0.6 is 0 Å². The predicted octanol–water partition coefficient (Wildman–Crippen LogP) is 3.09. The van der Waals surface area contributed by atoms with Crippen LogP contribution in [0.2, 0.25) is 0 Å². The first-order chi connectivity index (χ1) is 9.22. The molecule has 0 amide bonds. The molecule has 0 radical (unpaired) electrons. The van der Waals surface area contributed by atoms with Crippen molar-refractivity contribution >= 4 is 10.8 Å². The second-order valence-corrected chi connectivity index (χ2v) is 4.73. The van der Waals surface area contributed by atoms with Gasteiger partial charge in [-0.1, -0.05) is 38.1 Å². The van der Waals surface area contributed by atoms with E-state index in [2.05, 4.69) is 25.2 Å². The van der Waals surface area contributed by atoms with Gasteiger partial charge in [-0.05, 0) is 12.1 Å². The van der Waals surface area contributed by atoms with Gasteiger partial charge in [-0.15, -0.1) is 0 Å². The van der Waals surface area contributed by atoms with Crippen molar-refractivity contribution in [3.8, 4) is 11.8 Å². The number of nitrogens with one attached hydrogen (secondary N) is 1. The van der Waals surface area contributed by atoms with Crippen molar-refractivity contribution in [2.24, 2.45) is 0 Å². The summed E-state index contributed by atoms with van der Waals surface area (Å²) in [5.41, 5.74) is 0.684.